The van der Waals surface area contributed by atoms with Crippen molar-refractivity contribution >= 4 is 5.82 Å². The highest BCUT2D eigenvalue weighted by Crippen LogP contribution is 2.32. The molecule has 0 aromatic carbocycles. The first-order chi connectivity index (χ1) is 7.39. The van der Waals surface area contributed by atoms with Crippen molar-refractivity contribution in [2.24, 2.45) is 0 Å². The summed E-state index contributed by atoms with van der Waals surface area (Å²) in [6.07, 6.45) is 1.77. The summed E-state index contributed by atoms with van der Waals surface area (Å²) in [4.78, 5) is 5.82. The summed E-state index contributed by atoms with van der Waals surface area (Å²) in [7, 11) is 0. The average Bonchev–Trinajstić information content (AvgIpc) is 2.14. The predicted octanol–water partition coefficient (Wildman–Crippen LogP) is 2.97. The minimum atomic E-state index is -2.54. The number of nitrogens with zero attached hydrogens (tertiary/aromatic N) is 2. The summed E-state index contributed by atoms with van der Waals surface area (Å²) in [5.74, 6) is -1.48. The molecule has 1 saturated heterocycles. The van der Waals surface area contributed by atoms with Crippen LogP contribution in [0.2, 0.25) is 0 Å². The van der Waals surface area contributed by atoms with Crippen LogP contribution in [0.25, 0.3) is 0 Å². The van der Waals surface area contributed by atoms with Gasteiger partial charge in [0.1, 0.15) is 5.82 Å². The average molecular weight is 226 g/mol. The number of aryl methyl sites for hydroxylation is 1. The maximum Gasteiger partial charge on any atom is 0.282 e. The molecule has 0 aliphatic carbocycles. The van der Waals surface area contributed by atoms with Crippen molar-refractivity contribution in [3.63, 3.8) is 0 Å². The highest BCUT2D eigenvalue weighted by atomic mass is 19.3. The van der Waals surface area contributed by atoms with Crippen LogP contribution in [0.1, 0.15) is 30.9 Å². The fourth-order valence-corrected chi connectivity index (χ4v) is 2.00. The van der Waals surface area contributed by atoms with Crippen LogP contribution >= 0.6 is 0 Å². The van der Waals surface area contributed by atoms with E-state index in [0.717, 1.165) is 5.56 Å². The zero-order valence-electron chi connectivity index (χ0n) is 9.80. The fourth-order valence-electron chi connectivity index (χ4n) is 2.00. The van der Waals surface area contributed by atoms with Crippen LogP contribution in [0.15, 0.2) is 12.3 Å². The van der Waals surface area contributed by atoms with E-state index >= 15 is 0 Å². The predicted molar refractivity (Wildman–Crippen MR) is 60.2 cm³/mol. The van der Waals surface area contributed by atoms with Gasteiger partial charge in [-0.15, -0.1) is 0 Å². The molecule has 1 aromatic rings. The zero-order valence-corrected chi connectivity index (χ0v) is 9.80. The second kappa shape index (κ2) is 3.68. The lowest BCUT2D eigenvalue weighted by atomic mass is 9.99. The van der Waals surface area contributed by atoms with E-state index < -0.39 is 5.92 Å². The number of halogens is 2. The fraction of sp³-hybridized carbons (Fsp3) is 0.583. The Morgan fingerprint density at radius 3 is 2.50 bits per heavy atom. The molecule has 0 spiro atoms. The van der Waals surface area contributed by atoms with E-state index in [1.54, 1.807) is 11.1 Å². The Hall–Kier alpha value is -1.19. The summed E-state index contributed by atoms with van der Waals surface area (Å²) in [5, 5.41) is 0. The Kier molecular flexibility index (Phi) is 2.60. The first-order valence-electron chi connectivity index (χ1n) is 5.48. The van der Waals surface area contributed by atoms with Gasteiger partial charge in [-0.1, -0.05) is 13.8 Å². The third-order valence-electron chi connectivity index (χ3n) is 2.92. The van der Waals surface area contributed by atoms with E-state index in [4.69, 9.17) is 0 Å². The summed E-state index contributed by atoms with van der Waals surface area (Å²) >= 11 is 0. The second-order valence-corrected chi connectivity index (χ2v) is 4.77. The number of anilines is 1. The van der Waals surface area contributed by atoms with Crippen LogP contribution in [-0.2, 0) is 0 Å². The smallest absolute Gasteiger partial charge is 0.282 e. The molecule has 1 aliphatic heterocycles. The summed E-state index contributed by atoms with van der Waals surface area (Å²) in [6.45, 7) is 5.77. The molecule has 2 heterocycles. The van der Waals surface area contributed by atoms with Gasteiger partial charge < -0.3 is 4.90 Å². The van der Waals surface area contributed by atoms with Gasteiger partial charge in [-0.05, 0) is 30.0 Å². The number of hydrogen-bond donors (Lipinski definition) is 0. The maximum absolute atomic E-state index is 12.7. The Morgan fingerprint density at radius 1 is 1.38 bits per heavy atom. The lowest BCUT2D eigenvalue weighted by Gasteiger charge is -2.39. The summed E-state index contributed by atoms with van der Waals surface area (Å²) in [5.41, 5.74) is 2.30. The topological polar surface area (TPSA) is 16.1 Å². The third-order valence-corrected chi connectivity index (χ3v) is 2.92. The van der Waals surface area contributed by atoms with Gasteiger partial charge in [0.25, 0.3) is 5.92 Å². The van der Waals surface area contributed by atoms with Crippen molar-refractivity contribution in [3.8, 4) is 0 Å². The quantitative estimate of drug-likeness (QED) is 0.770. The molecule has 1 fully saturated rings. The molecule has 4 heteroatoms. The molecule has 0 radical (unpaired) electrons. The van der Waals surface area contributed by atoms with Crippen molar-refractivity contribution in [1.29, 1.82) is 0 Å². The molecule has 88 valence electrons. The molecule has 1 aromatic heterocycles. The molecule has 0 bridgehead atoms. The molecule has 0 atom stereocenters. The normalized spacial score (nSPS) is 18.8. The lowest BCUT2D eigenvalue weighted by molar-refractivity contribution is -0.0267. The molecule has 1 aliphatic rings. The third kappa shape index (κ3) is 2.01. The number of hydrogen-bond acceptors (Lipinski definition) is 2. The highest BCUT2D eigenvalue weighted by molar-refractivity contribution is 5.47. The number of pyridine rings is 1. The standard InChI is InChI=1S/C12H16F2N2/c1-8(2)10-4-11(15-5-9(10)3)16-6-12(13,14)7-16/h4-5,8H,6-7H2,1-3H3. The number of aromatic nitrogens is 1. The molecular formula is C12H16F2N2. The van der Waals surface area contributed by atoms with Crippen molar-refractivity contribution in [2.75, 3.05) is 18.0 Å². The van der Waals surface area contributed by atoms with Crippen LogP contribution in [0, 0.1) is 6.92 Å². The van der Waals surface area contributed by atoms with Crippen molar-refractivity contribution in [1.82, 2.24) is 4.98 Å². The van der Waals surface area contributed by atoms with Crippen molar-refractivity contribution in [3.05, 3.63) is 23.4 Å². The van der Waals surface area contributed by atoms with Gasteiger partial charge in [0, 0.05) is 6.20 Å². The highest BCUT2D eigenvalue weighted by Gasteiger charge is 2.44. The molecule has 0 saturated carbocycles. The van der Waals surface area contributed by atoms with Gasteiger partial charge in [0.15, 0.2) is 0 Å². The second-order valence-electron chi connectivity index (χ2n) is 4.77. The molecule has 0 N–H and O–H groups in total. The van der Waals surface area contributed by atoms with Gasteiger partial charge in [0.05, 0.1) is 13.1 Å². The molecule has 2 nitrogen and oxygen atoms in total. The minimum absolute atomic E-state index is 0.208. The lowest BCUT2D eigenvalue weighted by Crippen LogP contribution is -2.56. The van der Waals surface area contributed by atoms with E-state index in [2.05, 4.69) is 18.8 Å². The van der Waals surface area contributed by atoms with Gasteiger partial charge in [0.2, 0.25) is 0 Å². The summed E-state index contributed by atoms with van der Waals surface area (Å²) < 4.78 is 25.5. The van der Waals surface area contributed by atoms with Crippen LogP contribution in [0.4, 0.5) is 14.6 Å². The molecule has 0 unspecified atom stereocenters. The SMILES string of the molecule is Cc1cnc(N2CC(F)(F)C2)cc1C(C)C. The van der Waals surface area contributed by atoms with Gasteiger partial charge in [-0.3, -0.25) is 0 Å². The van der Waals surface area contributed by atoms with Crippen LogP contribution in [0.5, 0.6) is 0 Å². The number of rotatable bonds is 2. The first-order valence-corrected chi connectivity index (χ1v) is 5.48. The van der Waals surface area contributed by atoms with Gasteiger partial charge in [-0.2, -0.15) is 0 Å². The Labute approximate surface area is 94.3 Å². The Balaban J connectivity index is 2.21. The van der Waals surface area contributed by atoms with Gasteiger partial charge >= 0.3 is 0 Å². The van der Waals surface area contributed by atoms with E-state index in [-0.39, 0.29) is 13.1 Å². The zero-order chi connectivity index (χ0) is 11.9. The monoisotopic (exact) mass is 226 g/mol. The summed E-state index contributed by atoms with van der Waals surface area (Å²) in [6, 6.07) is 1.93. The number of alkyl halides is 2. The van der Waals surface area contributed by atoms with Crippen LogP contribution in [-0.4, -0.2) is 24.0 Å². The van der Waals surface area contributed by atoms with Crippen molar-refractivity contribution in [2.45, 2.75) is 32.6 Å². The van der Waals surface area contributed by atoms with E-state index in [1.165, 1.54) is 5.56 Å². The largest absolute Gasteiger partial charge is 0.344 e. The Bertz CT molecular complexity index is 394. The van der Waals surface area contributed by atoms with Crippen molar-refractivity contribution < 1.29 is 8.78 Å². The molecule has 16 heavy (non-hydrogen) atoms. The maximum atomic E-state index is 12.7. The van der Waals surface area contributed by atoms with Crippen LogP contribution < -0.4 is 4.90 Å². The first kappa shape index (κ1) is 11.3. The Morgan fingerprint density at radius 2 is 2.00 bits per heavy atom. The van der Waals surface area contributed by atoms with Gasteiger partial charge in [-0.25, -0.2) is 13.8 Å². The van der Waals surface area contributed by atoms with Crippen LogP contribution in [0.3, 0.4) is 0 Å². The minimum Gasteiger partial charge on any atom is -0.344 e. The molecule has 2 rings (SSSR count). The van der Waals surface area contributed by atoms with E-state index in [0.29, 0.717) is 11.7 Å². The van der Waals surface area contributed by atoms with E-state index in [9.17, 15) is 8.78 Å². The molecular weight excluding hydrogens is 210 g/mol. The molecule has 0 amide bonds. The van der Waals surface area contributed by atoms with E-state index in [1.807, 2.05) is 13.0 Å².